The summed E-state index contributed by atoms with van der Waals surface area (Å²) >= 11 is 0. The number of ether oxygens (including phenoxy) is 1. The van der Waals surface area contributed by atoms with Crippen LogP contribution < -0.4 is 5.32 Å². The molecule has 1 saturated heterocycles. The zero-order valence-corrected chi connectivity index (χ0v) is 24.2. The van der Waals surface area contributed by atoms with Crippen molar-refractivity contribution < 1.29 is 40.7 Å². The van der Waals surface area contributed by atoms with Crippen LogP contribution in [0.2, 0.25) is 0 Å². The SMILES string of the molecule is Cc1c(C(=O)NC2CCCCC2)cc(-c2cc(C(F)(F)F)ccc2C(F)(F)F)n1C[C@@H]1CCCN1C(=O)OC(C)(C)C. The number of carbonyl (C=O) groups excluding carboxylic acids is 2. The minimum atomic E-state index is -4.96. The summed E-state index contributed by atoms with van der Waals surface area (Å²) in [6.07, 6.45) is -4.81. The van der Waals surface area contributed by atoms with Crippen molar-refractivity contribution in [1.29, 1.82) is 0 Å². The molecule has 2 heterocycles. The molecule has 0 unspecified atom stereocenters. The molecule has 1 aliphatic carbocycles. The summed E-state index contributed by atoms with van der Waals surface area (Å²) in [5.41, 5.74) is -3.72. The number of hydrogen-bond acceptors (Lipinski definition) is 3. The van der Waals surface area contributed by atoms with Gasteiger partial charge in [0.05, 0.1) is 22.7 Å². The van der Waals surface area contributed by atoms with E-state index < -0.39 is 52.7 Å². The Morgan fingerprint density at radius 3 is 2.19 bits per heavy atom. The van der Waals surface area contributed by atoms with Crippen molar-refractivity contribution in [2.45, 2.75) is 109 Å². The van der Waals surface area contributed by atoms with Gasteiger partial charge in [0.1, 0.15) is 5.60 Å². The molecule has 42 heavy (non-hydrogen) atoms. The number of carbonyl (C=O) groups is 2. The minimum absolute atomic E-state index is 0.0232. The lowest BCUT2D eigenvalue weighted by atomic mass is 9.95. The van der Waals surface area contributed by atoms with Crippen LogP contribution in [-0.2, 0) is 23.6 Å². The largest absolute Gasteiger partial charge is 0.444 e. The van der Waals surface area contributed by atoms with Gasteiger partial charge in [0.25, 0.3) is 5.91 Å². The van der Waals surface area contributed by atoms with Gasteiger partial charge in [-0.25, -0.2) is 4.79 Å². The summed E-state index contributed by atoms with van der Waals surface area (Å²) in [5.74, 6) is -0.490. The molecule has 12 heteroatoms. The lowest BCUT2D eigenvalue weighted by molar-refractivity contribution is -0.141. The van der Waals surface area contributed by atoms with E-state index in [4.69, 9.17) is 4.74 Å². The summed E-state index contributed by atoms with van der Waals surface area (Å²) in [5, 5.41) is 2.96. The van der Waals surface area contributed by atoms with E-state index >= 15 is 0 Å². The third kappa shape index (κ3) is 7.23. The quantitative estimate of drug-likeness (QED) is 0.354. The predicted molar refractivity (Wildman–Crippen MR) is 145 cm³/mol. The first-order chi connectivity index (χ1) is 19.5. The molecular weight excluding hydrogens is 564 g/mol. The molecule has 2 aliphatic rings. The van der Waals surface area contributed by atoms with E-state index in [1.807, 2.05) is 0 Å². The van der Waals surface area contributed by atoms with Gasteiger partial charge < -0.3 is 19.5 Å². The summed E-state index contributed by atoms with van der Waals surface area (Å²) < 4.78 is 90.5. The number of likely N-dealkylation sites (tertiary alicyclic amines) is 1. The number of amides is 2. The van der Waals surface area contributed by atoms with E-state index in [-0.39, 0.29) is 23.8 Å². The Morgan fingerprint density at radius 1 is 0.929 bits per heavy atom. The fraction of sp³-hybridized carbons (Fsp3) is 0.600. The molecule has 1 atom stereocenters. The molecule has 1 N–H and O–H groups in total. The van der Waals surface area contributed by atoms with Gasteiger partial charge in [-0.05, 0) is 77.6 Å². The number of halogens is 6. The summed E-state index contributed by atoms with van der Waals surface area (Å²) in [6.45, 7) is 7.05. The lowest BCUT2D eigenvalue weighted by Gasteiger charge is -2.30. The summed E-state index contributed by atoms with van der Waals surface area (Å²) in [4.78, 5) is 27.8. The van der Waals surface area contributed by atoms with Gasteiger partial charge in [-0.15, -0.1) is 0 Å². The Kier molecular flexibility index (Phi) is 8.95. The number of benzene rings is 1. The van der Waals surface area contributed by atoms with Gasteiger partial charge in [-0.2, -0.15) is 26.3 Å². The average Bonchev–Trinajstić information content (AvgIpc) is 3.47. The monoisotopic (exact) mass is 601 g/mol. The van der Waals surface area contributed by atoms with Crippen molar-refractivity contribution in [1.82, 2.24) is 14.8 Å². The third-order valence-corrected chi connectivity index (χ3v) is 7.88. The first-order valence-electron chi connectivity index (χ1n) is 14.2. The van der Waals surface area contributed by atoms with Crippen molar-refractivity contribution in [2.24, 2.45) is 0 Å². The highest BCUT2D eigenvalue weighted by molar-refractivity contribution is 5.97. The van der Waals surface area contributed by atoms with Gasteiger partial charge in [-0.1, -0.05) is 19.3 Å². The molecule has 2 fully saturated rings. The third-order valence-electron chi connectivity index (χ3n) is 7.88. The van der Waals surface area contributed by atoms with Crippen LogP contribution in [0.5, 0.6) is 0 Å². The fourth-order valence-corrected chi connectivity index (χ4v) is 5.82. The molecule has 1 aliphatic heterocycles. The maximum atomic E-state index is 14.2. The van der Waals surface area contributed by atoms with E-state index in [1.165, 1.54) is 15.5 Å². The van der Waals surface area contributed by atoms with Crippen molar-refractivity contribution in [3.8, 4) is 11.3 Å². The molecular formula is C30H37F6N3O3. The first kappa shape index (κ1) is 31.7. The fourth-order valence-electron chi connectivity index (χ4n) is 5.82. The van der Waals surface area contributed by atoms with Gasteiger partial charge in [0.2, 0.25) is 0 Å². The molecule has 0 radical (unpaired) electrons. The smallest absolute Gasteiger partial charge is 0.417 e. The molecule has 6 nitrogen and oxygen atoms in total. The van der Waals surface area contributed by atoms with Gasteiger partial charge in [0, 0.05) is 36.1 Å². The molecule has 1 saturated carbocycles. The molecule has 2 aromatic rings. The second-order valence-electron chi connectivity index (χ2n) is 12.2. The predicted octanol–water partition coefficient (Wildman–Crippen LogP) is 7.96. The normalized spacial score (nSPS) is 18.8. The van der Waals surface area contributed by atoms with E-state index in [9.17, 15) is 35.9 Å². The van der Waals surface area contributed by atoms with Crippen LogP contribution >= 0.6 is 0 Å². The van der Waals surface area contributed by atoms with E-state index in [1.54, 1.807) is 27.7 Å². The maximum absolute atomic E-state index is 14.2. The number of alkyl halides is 6. The number of nitrogens with one attached hydrogen (secondary N) is 1. The first-order valence-corrected chi connectivity index (χ1v) is 14.2. The molecule has 0 spiro atoms. The Labute approximate surface area is 241 Å². The number of rotatable bonds is 5. The van der Waals surface area contributed by atoms with Gasteiger partial charge in [0.15, 0.2) is 0 Å². The number of aromatic nitrogens is 1. The van der Waals surface area contributed by atoms with Crippen LogP contribution in [0.15, 0.2) is 24.3 Å². The van der Waals surface area contributed by atoms with Crippen molar-refractivity contribution >= 4 is 12.0 Å². The zero-order valence-electron chi connectivity index (χ0n) is 24.2. The zero-order chi connectivity index (χ0) is 31.0. The highest BCUT2D eigenvalue weighted by atomic mass is 19.4. The Bertz CT molecular complexity index is 1300. The van der Waals surface area contributed by atoms with Crippen LogP contribution in [0.1, 0.15) is 92.9 Å². The molecule has 232 valence electrons. The van der Waals surface area contributed by atoms with E-state index in [2.05, 4.69) is 5.32 Å². The maximum Gasteiger partial charge on any atom is 0.417 e. The van der Waals surface area contributed by atoms with Crippen molar-refractivity contribution in [2.75, 3.05) is 6.54 Å². The molecule has 0 bridgehead atoms. The van der Waals surface area contributed by atoms with Crippen LogP contribution in [0, 0.1) is 6.92 Å². The van der Waals surface area contributed by atoms with Gasteiger partial charge in [-0.3, -0.25) is 4.79 Å². The minimum Gasteiger partial charge on any atom is -0.444 e. The Balaban J connectivity index is 1.82. The van der Waals surface area contributed by atoms with Crippen molar-refractivity contribution in [3.05, 3.63) is 46.6 Å². The second kappa shape index (κ2) is 11.8. The average molecular weight is 602 g/mol. The molecule has 4 rings (SSSR count). The Hall–Kier alpha value is -3.18. The van der Waals surface area contributed by atoms with E-state index in [0.29, 0.717) is 43.3 Å². The molecule has 2 amide bonds. The Morgan fingerprint density at radius 2 is 1.60 bits per heavy atom. The van der Waals surface area contributed by atoms with E-state index in [0.717, 1.165) is 32.1 Å². The van der Waals surface area contributed by atoms with Crippen LogP contribution in [0.25, 0.3) is 11.3 Å². The lowest BCUT2D eigenvalue weighted by Crippen LogP contribution is -2.41. The number of nitrogens with zero attached hydrogens (tertiary/aromatic N) is 2. The molecule has 1 aromatic heterocycles. The topological polar surface area (TPSA) is 63.6 Å². The highest BCUT2D eigenvalue weighted by Gasteiger charge is 2.39. The van der Waals surface area contributed by atoms with Crippen LogP contribution in [0.4, 0.5) is 31.1 Å². The van der Waals surface area contributed by atoms with Crippen LogP contribution in [0.3, 0.4) is 0 Å². The standard InChI is InChI=1S/C30H37F6N3O3/c1-18-22(26(40)37-20-9-6-5-7-10-20)16-25(23-15-19(29(31,32)33)12-13-24(23)30(34,35)36)39(18)17-21-11-8-14-38(21)27(41)42-28(2,3)4/h12-13,15-16,20-21H,5-11,14,17H2,1-4H3,(H,37,40)/t21-/m0/s1. The highest BCUT2D eigenvalue weighted by Crippen LogP contribution is 2.42. The summed E-state index contributed by atoms with van der Waals surface area (Å²) in [7, 11) is 0. The van der Waals surface area contributed by atoms with Crippen LogP contribution in [-0.4, -0.2) is 45.7 Å². The summed E-state index contributed by atoms with van der Waals surface area (Å²) in [6, 6.07) is 1.97. The second-order valence-corrected chi connectivity index (χ2v) is 12.2. The van der Waals surface area contributed by atoms with Gasteiger partial charge >= 0.3 is 18.4 Å². The van der Waals surface area contributed by atoms with Crippen molar-refractivity contribution in [3.63, 3.8) is 0 Å². The molecule has 1 aromatic carbocycles. The number of hydrogen-bond donors (Lipinski definition) is 1.